The SMILES string of the molecule is CCOC(=O)C[C@H](N)c1cc([N+](=O)[O-])cc(Br)c1O. The summed E-state index contributed by atoms with van der Waals surface area (Å²) in [7, 11) is 0. The predicted molar refractivity (Wildman–Crippen MR) is 70.6 cm³/mol. The van der Waals surface area contributed by atoms with Crippen LogP contribution in [0.5, 0.6) is 5.75 Å². The van der Waals surface area contributed by atoms with Crippen molar-refractivity contribution in [3.63, 3.8) is 0 Å². The third-order valence-corrected chi connectivity index (χ3v) is 2.98. The minimum atomic E-state index is -0.879. The van der Waals surface area contributed by atoms with Crippen molar-refractivity contribution in [2.24, 2.45) is 5.73 Å². The molecule has 0 saturated heterocycles. The number of phenolic OH excluding ortho intramolecular Hbond substituents is 1. The molecule has 0 aliphatic carbocycles. The Morgan fingerprint density at radius 3 is 2.79 bits per heavy atom. The van der Waals surface area contributed by atoms with Gasteiger partial charge in [-0.2, -0.15) is 0 Å². The van der Waals surface area contributed by atoms with Crippen LogP contribution < -0.4 is 5.73 Å². The van der Waals surface area contributed by atoms with Gasteiger partial charge in [-0.15, -0.1) is 0 Å². The molecule has 1 rings (SSSR count). The molecular formula is C11H13BrN2O5. The third-order valence-electron chi connectivity index (χ3n) is 2.38. The maximum Gasteiger partial charge on any atom is 0.307 e. The molecule has 7 nitrogen and oxygen atoms in total. The average molecular weight is 333 g/mol. The molecule has 0 bridgehead atoms. The lowest BCUT2D eigenvalue weighted by Gasteiger charge is -2.13. The first-order valence-corrected chi connectivity index (χ1v) is 6.24. The summed E-state index contributed by atoms with van der Waals surface area (Å²) in [6, 6.07) is 1.43. The van der Waals surface area contributed by atoms with Gasteiger partial charge in [0.1, 0.15) is 5.75 Å². The molecule has 0 aliphatic heterocycles. The highest BCUT2D eigenvalue weighted by Gasteiger charge is 2.21. The molecule has 0 amide bonds. The predicted octanol–water partition coefficient (Wildman–Crippen LogP) is 2.02. The quantitative estimate of drug-likeness (QED) is 0.484. The Balaban J connectivity index is 3.04. The molecule has 0 unspecified atom stereocenters. The fraction of sp³-hybridized carbons (Fsp3) is 0.364. The minimum absolute atomic E-state index is 0.120. The number of hydrogen-bond donors (Lipinski definition) is 2. The van der Waals surface area contributed by atoms with Gasteiger partial charge in [0.05, 0.1) is 22.4 Å². The van der Waals surface area contributed by atoms with E-state index in [0.29, 0.717) is 0 Å². The summed E-state index contributed by atoms with van der Waals surface area (Å²) in [5.41, 5.74) is 5.66. The van der Waals surface area contributed by atoms with Gasteiger partial charge in [-0.3, -0.25) is 14.9 Å². The molecule has 0 fully saturated rings. The van der Waals surface area contributed by atoms with Gasteiger partial charge < -0.3 is 15.6 Å². The van der Waals surface area contributed by atoms with E-state index in [1.807, 2.05) is 0 Å². The second-order valence-electron chi connectivity index (χ2n) is 3.74. The van der Waals surface area contributed by atoms with E-state index in [0.717, 1.165) is 12.1 Å². The number of carbonyl (C=O) groups excluding carboxylic acids is 1. The number of hydrogen-bond acceptors (Lipinski definition) is 6. The number of carbonyl (C=O) groups is 1. The Bertz CT molecular complexity index is 506. The van der Waals surface area contributed by atoms with Gasteiger partial charge in [0, 0.05) is 23.7 Å². The molecule has 104 valence electrons. The van der Waals surface area contributed by atoms with E-state index in [1.54, 1.807) is 6.92 Å². The van der Waals surface area contributed by atoms with Crippen molar-refractivity contribution in [2.45, 2.75) is 19.4 Å². The largest absolute Gasteiger partial charge is 0.506 e. The summed E-state index contributed by atoms with van der Waals surface area (Å²) in [4.78, 5) is 21.4. The molecule has 0 aromatic heterocycles. The molecule has 19 heavy (non-hydrogen) atoms. The van der Waals surface area contributed by atoms with E-state index >= 15 is 0 Å². The van der Waals surface area contributed by atoms with Gasteiger partial charge in [0.2, 0.25) is 0 Å². The number of nitro groups is 1. The van der Waals surface area contributed by atoms with Gasteiger partial charge in [-0.05, 0) is 22.9 Å². The monoisotopic (exact) mass is 332 g/mol. The Morgan fingerprint density at radius 1 is 1.63 bits per heavy atom. The molecule has 0 radical (unpaired) electrons. The van der Waals surface area contributed by atoms with E-state index in [9.17, 15) is 20.0 Å². The molecule has 0 saturated carbocycles. The summed E-state index contributed by atoms with van der Waals surface area (Å²) in [5, 5.41) is 20.6. The first-order valence-electron chi connectivity index (χ1n) is 5.44. The molecule has 0 aliphatic rings. The number of esters is 1. The van der Waals surface area contributed by atoms with E-state index in [2.05, 4.69) is 15.9 Å². The molecule has 1 aromatic rings. The molecular weight excluding hydrogens is 320 g/mol. The van der Waals surface area contributed by atoms with Crippen LogP contribution in [-0.4, -0.2) is 22.6 Å². The lowest BCUT2D eigenvalue weighted by molar-refractivity contribution is -0.385. The zero-order chi connectivity index (χ0) is 14.6. The molecule has 8 heteroatoms. The lowest BCUT2D eigenvalue weighted by Crippen LogP contribution is -2.17. The first-order chi connectivity index (χ1) is 8.86. The standard InChI is InChI=1S/C11H13BrN2O5/c1-2-19-10(15)5-9(13)7-3-6(14(17)18)4-8(12)11(7)16/h3-4,9,16H,2,5,13H2,1H3/t9-/m0/s1. The highest BCUT2D eigenvalue weighted by Crippen LogP contribution is 2.36. The van der Waals surface area contributed by atoms with Crippen LogP contribution in [-0.2, 0) is 9.53 Å². The number of rotatable bonds is 5. The fourth-order valence-electron chi connectivity index (χ4n) is 1.50. The van der Waals surface area contributed by atoms with Crippen LogP contribution in [0.25, 0.3) is 0 Å². The molecule has 0 spiro atoms. The maximum atomic E-state index is 11.3. The van der Waals surface area contributed by atoms with E-state index in [-0.39, 0.29) is 34.5 Å². The van der Waals surface area contributed by atoms with Gasteiger partial charge in [0.25, 0.3) is 5.69 Å². The minimum Gasteiger partial charge on any atom is -0.506 e. The topological polar surface area (TPSA) is 116 Å². The fourth-order valence-corrected chi connectivity index (χ4v) is 1.97. The van der Waals surface area contributed by atoms with Crippen molar-refractivity contribution in [3.8, 4) is 5.75 Å². The number of halogens is 1. The van der Waals surface area contributed by atoms with Crippen LogP contribution in [0, 0.1) is 10.1 Å². The maximum absolute atomic E-state index is 11.3. The summed E-state index contributed by atoms with van der Waals surface area (Å²) in [5.74, 6) is -0.751. The Kier molecular flexibility index (Phi) is 5.25. The van der Waals surface area contributed by atoms with Gasteiger partial charge in [-0.25, -0.2) is 0 Å². The lowest BCUT2D eigenvalue weighted by atomic mass is 10.0. The third kappa shape index (κ3) is 3.90. The smallest absolute Gasteiger partial charge is 0.307 e. The van der Waals surface area contributed by atoms with Crippen LogP contribution in [0.15, 0.2) is 16.6 Å². The van der Waals surface area contributed by atoms with Crippen LogP contribution >= 0.6 is 15.9 Å². The zero-order valence-corrected chi connectivity index (χ0v) is 11.7. The highest BCUT2D eigenvalue weighted by molar-refractivity contribution is 9.10. The number of aromatic hydroxyl groups is 1. The van der Waals surface area contributed by atoms with Crippen LogP contribution in [0.3, 0.4) is 0 Å². The van der Waals surface area contributed by atoms with Crippen molar-refractivity contribution in [3.05, 3.63) is 32.3 Å². The Hall–Kier alpha value is -1.67. The second kappa shape index (κ2) is 6.48. The van der Waals surface area contributed by atoms with Crippen molar-refractivity contribution < 1.29 is 19.6 Å². The van der Waals surface area contributed by atoms with Crippen molar-refractivity contribution in [1.29, 1.82) is 0 Å². The van der Waals surface area contributed by atoms with E-state index in [4.69, 9.17) is 10.5 Å². The van der Waals surface area contributed by atoms with Gasteiger partial charge in [-0.1, -0.05) is 0 Å². The molecule has 1 atom stereocenters. The van der Waals surface area contributed by atoms with Crippen LogP contribution in [0.1, 0.15) is 24.9 Å². The number of ether oxygens (including phenoxy) is 1. The normalized spacial score (nSPS) is 11.9. The van der Waals surface area contributed by atoms with Crippen molar-refractivity contribution in [2.75, 3.05) is 6.61 Å². The van der Waals surface area contributed by atoms with Gasteiger partial charge >= 0.3 is 5.97 Å². The number of nitro benzene ring substituents is 1. The molecule has 0 heterocycles. The first kappa shape index (κ1) is 15.4. The second-order valence-corrected chi connectivity index (χ2v) is 4.59. The van der Waals surface area contributed by atoms with Crippen LogP contribution in [0.2, 0.25) is 0 Å². The molecule has 3 N–H and O–H groups in total. The number of non-ortho nitro benzene ring substituents is 1. The highest BCUT2D eigenvalue weighted by atomic mass is 79.9. The summed E-state index contributed by atoms with van der Waals surface area (Å²) in [6.45, 7) is 1.88. The van der Waals surface area contributed by atoms with Gasteiger partial charge in [0.15, 0.2) is 0 Å². The van der Waals surface area contributed by atoms with Crippen LogP contribution in [0.4, 0.5) is 5.69 Å². The Morgan fingerprint density at radius 2 is 2.26 bits per heavy atom. The summed E-state index contributed by atoms with van der Waals surface area (Å²) >= 11 is 3.00. The zero-order valence-electron chi connectivity index (χ0n) is 10.1. The van der Waals surface area contributed by atoms with E-state index in [1.165, 1.54) is 0 Å². The number of nitrogens with zero attached hydrogens (tertiary/aromatic N) is 1. The number of nitrogens with two attached hydrogens (primary N) is 1. The molecule has 1 aromatic carbocycles. The Labute approximate surface area is 117 Å². The summed E-state index contributed by atoms with van der Waals surface area (Å²) < 4.78 is 4.88. The number of benzene rings is 1. The van der Waals surface area contributed by atoms with Crippen molar-refractivity contribution in [1.82, 2.24) is 0 Å². The number of phenols is 1. The average Bonchev–Trinajstić information content (AvgIpc) is 2.32. The van der Waals surface area contributed by atoms with E-state index < -0.39 is 16.9 Å². The summed E-state index contributed by atoms with van der Waals surface area (Å²) in [6.07, 6.45) is -0.172. The van der Waals surface area contributed by atoms with Crippen molar-refractivity contribution >= 4 is 27.6 Å².